The van der Waals surface area contributed by atoms with Crippen LogP contribution in [0, 0.1) is 5.82 Å². The van der Waals surface area contributed by atoms with E-state index in [1.807, 2.05) is 40.6 Å². The second-order valence-electron chi connectivity index (χ2n) is 7.53. The Hall–Kier alpha value is -1.99. The molecule has 2 saturated heterocycles. The molecule has 2 heterocycles. The van der Waals surface area contributed by atoms with E-state index >= 15 is 0 Å². The van der Waals surface area contributed by atoms with Gasteiger partial charge in [-0.2, -0.15) is 0 Å². The van der Waals surface area contributed by atoms with Gasteiger partial charge in [0.1, 0.15) is 5.82 Å². The molecule has 4 rings (SSSR count). The zero-order chi connectivity index (χ0) is 20.9. The monoisotopic (exact) mass is 444 g/mol. The summed E-state index contributed by atoms with van der Waals surface area (Å²) in [5, 5.41) is 0. The van der Waals surface area contributed by atoms with E-state index < -0.39 is 0 Å². The first-order valence-corrected chi connectivity index (χ1v) is 12.3. The zero-order valence-corrected chi connectivity index (χ0v) is 18.4. The van der Waals surface area contributed by atoms with Gasteiger partial charge < -0.3 is 9.80 Å². The van der Waals surface area contributed by atoms with Gasteiger partial charge in [0.15, 0.2) is 0 Å². The third-order valence-corrected chi connectivity index (χ3v) is 8.46. The minimum atomic E-state index is -0.303. The first-order valence-electron chi connectivity index (χ1n) is 10.2. The molecule has 2 amide bonds. The molecule has 0 aliphatic carbocycles. The van der Waals surface area contributed by atoms with Crippen LogP contribution in [0.25, 0.3) is 0 Å². The maximum absolute atomic E-state index is 13.0. The highest BCUT2D eigenvalue weighted by molar-refractivity contribution is 8.16. The topological polar surface area (TPSA) is 40.6 Å². The van der Waals surface area contributed by atoms with Gasteiger partial charge in [-0.15, -0.1) is 23.5 Å². The summed E-state index contributed by atoms with van der Waals surface area (Å²) in [5.41, 5.74) is 2.78. The number of carbonyl (C=O) groups is 2. The third kappa shape index (κ3) is 5.19. The molecule has 2 fully saturated rings. The van der Waals surface area contributed by atoms with Gasteiger partial charge >= 0.3 is 0 Å². The Kier molecular flexibility index (Phi) is 7.00. The van der Waals surface area contributed by atoms with Crippen LogP contribution in [0.1, 0.15) is 32.5 Å². The van der Waals surface area contributed by atoms with Gasteiger partial charge in [-0.1, -0.05) is 24.3 Å². The van der Waals surface area contributed by atoms with Crippen LogP contribution in [0.3, 0.4) is 0 Å². The van der Waals surface area contributed by atoms with Crippen LogP contribution in [0.4, 0.5) is 4.39 Å². The minimum Gasteiger partial charge on any atom is -0.339 e. The van der Waals surface area contributed by atoms with Crippen LogP contribution in [0.2, 0.25) is 0 Å². The van der Waals surface area contributed by atoms with E-state index in [1.54, 1.807) is 17.0 Å². The molecule has 0 spiro atoms. The molecular weight excluding hydrogens is 419 g/mol. The highest BCUT2D eigenvalue weighted by atomic mass is 32.2. The predicted octanol–water partition coefficient (Wildman–Crippen LogP) is 4.22. The number of hydrogen-bond donors (Lipinski definition) is 0. The summed E-state index contributed by atoms with van der Waals surface area (Å²) in [7, 11) is 0. The summed E-state index contributed by atoms with van der Waals surface area (Å²) < 4.78 is 13.5. The summed E-state index contributed by atoms with van der Waals surface area (Å²) in [6.07, 6.45) is 1.52. The molecule has 0 bridgehead atoms. The molecule has 4 nitrogen and oxygen atoms in total. The fourth-order valence-electron chi connectivity index (χ4n) is 3.69. The zero-order valence-electron chi connectivity index (χ0n) is 16.8. The second kappa shape index (κ2) is 9.88. The van der Waals surface area contributed by atoms with Crippen LogP contribution in [-0.4, -0.2) is 59.3 Å². The summed E-state index contributed by atoms with van der Waals surface area (Å²) in [4.78, 5) is 29.0. The maximum Gasteiger partial charge on any atom is 0.253 e. The fraction of sp³-hybridized carbons (Fsp3) is 0.391. The van der Waals surface area contributed by atoms with Crippen LogP contribution < -0.4 is 0 Å². The summed E-state index contributed by atoms with van der Waals surface area (Å²) in [6.45, 7) is 2.12. The first kappa shape index (κ1) is 21.2. The fourth-order valence-corrected chi connectivity index (χ4v) is 6.59. The molecule has 2 aromatic rings. The average molecular weight is 445 g/mol. The second-order valence-corrected chi connectivity index (χ2v) is 10.2. The Morgan fingerprint density at radius 3 is 2.10 bits per heavy atom. The van der Waals surface area contributed by atoms with E-state index in [4.69, 9.17) is 0 Å². The number of benzene rings is 2. The van der Waals surface area contributed by atoms with E-state index in [1.165, 1.54) is 35.6 Å². The highest BCUT2D eigenvalue weighted by Gasteiger charge is 2.25. The van der Waals surface area contributed by atoms with Crippen molar-refractivity contribution in [1.82, 2.24) is 9.80 Å². The van der Waals surface area contributed by atoms with Crippen molar-refractivity contribution in [3.8, 4) is 0 Å². The van der Waals surface area contributed by atoms with Gasteiger partial charge in [-0.25, -0.2) is 4.39 Å². The molecule has 0 radical (unpaired) electrons. The van der Waals surface area contributed by atoms with Crippen LogP contribution >= 0.6 is 23.5 Å². The minimum absolute atomic E-state index is 0.0144. The van der Waals surface area contributed by atoms with E-state index in [2.05, 4.69) is 12.1 Å². The van der Waals surface area contributed by atoms with E-state index in [9.17, 15) is 14.0 Å². The predicted molar refractivity (Wildman–Crippen MR) is 121 cm³/mol. The Bertz CT molecular complexity index is 875. The molecule has 0 unspecified atom stereocenters. The third-order valence-electron chi connectivity index (χ3n) is 5.45. The summed E-state index contributed by atoms with van der Waals surface area (Å²) in [6, 6.07) is 14.0. The Morgan fingerprint density at radius 1 is 0.867 bits per heavy atom. The van der Waals surface area contributed by atoms with Crippen molar-refractivity contribution < 1.29 is 14.0 Å². The molecule has 158 valence electrons. The number of thioether (sulfide) groups is 2. The summed E-state index contributed by atoms with van der Waals surface area (Å²) in [5.74, 6) is 2.13. The summed E-state index contributed by atoms with van der Waals surface area (Å²) >= 11 is 3.95. The Labute approximate surface area is 185 Å². The van der Waals surface area contributed by atoms with Crippen molar-refractivity contribution >= 4 is 35.3 Å². The van der Waals surface area contributed by atoms with Gasteiger partial charge in [0, 0.05) is 31.7 Å². The van der Waals surface area contributed by atoms with Crippen molar-refractivity contribution in [2.45, 2.75) is 17.4 Å². The normalized spacial score (nSPS) is 17.8. The SMILES string of the molecule is O=C(Cc1ccc(F)cc1)N1CCN(C(=O)c2ccc(C3SCCCS3)cc2)CC1. The number of halogens is 1. The van der Waals surface area contributed by atoms with Crippen molar-refractivity contribution in [2.24, 2.45) is 0 Å². The van der Waals surface area contributed by atoms with E-state index in [-0.39, 0.29) is 24.1 Å². The largest absolute Gasteiger partial charge is 0.339 e. The van der Waals surface area contributed by atoms with E-state index in [0.29, 0.717) is 36.3 Å². The molecule has 2 aliphatic rings. The molecule has 0 atom stereocenters. The average Bonchev–Trinajstić information content (AvgIpc) is 2.81. The smallest absolute Gasteiger partial charge is 0.253 e. The lowest BCUT2D eigenvalue weighted by Crippen LogP contribution is -2.51. The van der Waals surface area contributed by atoms with Crippen molar-refractivity contribution in [3.63, 3.8) is 0 Å². The first-order chi connectivity index (χ1) is 14.6. The maximum atomic E-state index is 13.0. The number of piperazine rings is 1. The van der Waals surface area contributed by atoms with Gasteiger partial charge in [-0.05, 0) is 53.3 Å². The molecular formula is C23H25FN2O2S2. The number of hydrogen-bond acceptors (Lipinski definition) is 4. The van der Waals surface area contributed by atoms with Crippen LogP contribution in [-0.2, 0) is 11.2 Å². The molecule has 2 aromatic carbocycles. The van der Waals surface area contributed by atoms with Crippen LogP contribution in [0.15, 0.2) is 48.5 Å². The number of rotatable bonds is 4. The quantitative estimate of drug-likeness (QED) is 0.708. The lowest BCUT2D eigenvalue weighted by Gasteiger charge is -2.35. The van der Waals surface area contributed by atoms with E-state index in [0.717, 1.165) is 5.56 Å². The molecule has 0 aromatic heterocycles. The van der Waals surface area contributed by atoms with Gasteiger partial charge in [0.05, 0.1) is 11.0 Å². The molecule has 30 heavy (non-hydrogen) atoms. The molecule has 0 N–H and O–H groups in total. The van der Waals surface area contributed by atoms with Crippen molar-refractivity contribution in [3.05, 3.63) is 71.0 Å². The van der Waals surface area contributed by atoms with Crippen molar-refractivity contribution in [2.75, 3.05) is 37.7 Å². The van der Waals surface area contributed by atoms with Gasteiger partial charge in [0.2, 0.25) is 5.91 Å². The standard InChI is InChI=1S/C23H25FN2O2S2/c24-20-8-2-17(3-9-20)16-21(27)25-10-12-26(13-11-25)22(28)18-4-6-19(7-5-18)23-29-14-1-15-30-23/h2-9,23H,1,10-16H2. The lowest BCUT2D eigenvalue weighted by atomic mass is 10.1. The Morgan fingerprint density at radius 2 is 1.47 bits per heavy atom. The lowest BCUT2D eigenvalue weighted by molar-refractivity contribution is -0.131. The number of nitrogens with zero attached hydrogens (tertiary/aromatic N) is 2. The molecule has 7 heteroatoms. The number of carbonyl (C=O) groups excluding carboxylic acids is 2. The van der Waals surface area contributed by atoms with Crippen LogP contribution in [0.5, 0.6) is 0 Å². The highest BCUT2D eigenvalue weighted by Crippen LogP contribution is 2.43. The van der Waals surface area contributed by atoms with Crippen molar-refractivity contribution in [1.29, 1.82) is 0 Å². The number of amides is 2. The Balaban J connectivity index is 1.29. The molecule has 2 aliphatic heterocycles. The molecule has 0 saturated carbocycles. The van der Waals surface area contributed by atoms with Gasteiger partial charge in [-0.3, -0.25) is 9.59 Å². The van der Waals surface area contributed by atoms with Gasteiger partial charge in [0.25, 0.3) is 5.91 Å².